The summed E-state index contributed by atoms with van der Waals surface area (Å²) in [5.41, 5.74) is -0.243. The molecule has 0 fully saturated rings. The number of carbonyl (C=O) groups is 1. The standard InChI is InChI=1S/C17H18F2N2O4S/c1-3-8-20-26(23,24)16-9-11(4-7-15(16)25-2)17(22)21-14-6-5-12(18)10-13(14)19/h4-7,9-10,20H,3,8H2,1-2H3,(H,21,22). The maximum Gasteiger partial charge on any atom is 0.255 e. The van der Waals surface area contributed by atoms with Crippen LogP contribution in [0.2, 0.25) is 0 Å². The fourth-order valence-electron chi connectivity index (χ4n) is 2.13. The van der Waals surface area contributed by atoms with Gasteiger partial charge in [-0.2, -0.15) is 0 Å². The molecule has 140 valence electrons. The minimum Gasteiger partial charge on any atom is -0.495 e. The molecule has 0 unspecified atom stereocenters. The van der Waals surface area contributed by atoms with E-state index in [0.717, 1.165) is 18.2 Å². The first-order chi connectivity index (χ1) is 12.3. The molecule has 0 atom stereocenters. The maximum atomic E-state index is 13.7. The topological polar surface area (TPSA) is 84.5 Å². The Labute approximate surface area is 150 Å². The molecule has 2 aromatic rings. The van der Waals surface area contributed by atoms with E-state index in [2.05, 4.69) is 10.0 Å². The molecule has 26 heavy (non-hydrogen) atoms. The molecule has 0 spiro atoms. The van der Waals surface area contributed by atoms with Gasteiger partial charge in [-0.1, -0.05) is 6.92 Å². The van der Waals surface area contributed by atoms with Crippen LogP contribution in [0.3, 0.4) is 0 Å². The van der Waals surface area contributed by atoms with Gasteiger partial charge in [0.15, 0.2) is 0 Å². The van der Waals surface area contributed by atoms with Gasteiger partial charge in [0.25, 0.3) is 5.91 Å². The number of anilines is 1. The van der Waals surface area contributed by atoms with Crippen LogP contribution in [0.5, 0.6) is 5.75 Å². The molecule has 2 aromatic carbocycles. The lowest BCUT2D eigenvalue weighted by Crippen LogP contribution is -2.25. The highest BCUT2D eigenvalue weighted by molar-refractivity contribution is 7.89. The van der Waals surface area contributed by atoms with Crippen LogP contribution >= 0.6 is 0 Å². The molecule has 0 heterocycles. The Balaban J connectivity index is 2.35. The van der Waals surface area contributed by atoms with Crippen molar-refractivity contribution in [3.63, 3.8) is 0 Å². The van der Waals surface area contributed by atoms with Crippen molar-refractivity contribution in [2.24, 2.45) is 0 Å². The van der Waals surface area contributed by atoms with Gasteiger partial charge < -0.3 is 10.1 Å². The van der Waals surface area contributed by atoms with Gasteiger partial charge >= 0.3 is 0 Å². The van der Waals surface area contributed by atoms with Crippen LogP contribution < -0.4 is 14.8 Å². The van der Waals surface area contributed by atoms with Gasteiger partial charge in [0, 0.05) is 18.2 Å². The van der Waals surface area contributed by atoms with E-state index < -0.39 is 27.6 Å². The molecule has 2 rings (SSSR count). The third kappa shape index (κ3) is 4.55. The van der Waals surface area contributed by atoms with Crippen LogP contribution in [0.25, 0.3) is 0 Å². The Bertz CT molecular complexity index is 917. The predicted molar refractivity (Wildman–Crippen MR) is 92.8 cm³/mol. The summed E-state index contributed by atoms with van der Waals surface area (Å²) in [5.74, 6) is -2.40. The lowest BCUT2D eigenvalue weighted by atomic mass is 10.2. The molecule has 0 radical (unpaired) electrons. The number of rotatable bonds is 7. The summed E-state index contributed by atoms with van der Waals surface area (Å²) >= 11 is 0. The largest absolute Gasteiger partial charge is 0.495 e. The van der Waals surface area contributed by atoms with Gasteiger partial charge in [-0.3, -0.25) is 4.79 Å². The van der Waals surface area contributed by atoms with Crippen molar-refractivity contribution in [1.82, 2.24) is 4.72 Å². The molecule has 6 nitrogen and oxygen atoms in total. The number of hydrogen-bond acceptors (Lipinski definition) is 4. The van der Waals surface area contributed by atoms with Gasteiger partial charge in [0.2, 0.25) is 10.0 Å². The normalized spacial score (nSPS) is 11.2. The fraction of sp³-hybridized carbons (Fsp3) is 0.235. The quantitative estimate of drug-likeness (QED) is 0.769. The third-order valence-electron chi connectivity index (χ3n) is 3.44. The number of hydrogen-bond donors (Lipinski definition) is 2. The Morgan fingerprint density at radius 1 is 1.15 bits per heavy atom. The molecule has 1 amide bonds. The van der Waals surface area contributed by atoms with Crippen molar-refractivity contribution in [3.05, 3.63) is 53.6 Å². The monoisotopic (exact) mass is 384 g/mol. The number of ether oxygens (including phenoxy) is 1. The van der Waals surface area contributed by atoms with Gasteiger partial charge in [0.05, 0.1) is 12.8 Å². The van der Waals surface area contributed by atoms with Gasteiger partial charge in [-0.15, -0.1) is 0 Å². The molecule has 0 saturated heterocycles. The van der Waals surface area contributed by atoms with E-state index >= 15 is 0 Å². The van der Waals surface area contributed by atoms with Crippen LogP contribution in [0.4, 0.5) is 14.5 Å². The minimum atomic E-state index is -3.89. The Morgan fingerprint density at radius 2 is 1.88 bits per heavy atom. The van der Waals surface area contributed by atoms with E-state index in [0.29, 0.717) is 12.5 Å². The summed E-state index contributed by atoms with van der Waals surface area (Å²) in [7, 11) is -2.58. The zero-order valence-corrected chi connectivity index (χ0v) is 15.0. The highest BCUT2D eigenvalue weighted by atomic mass is 32.2. The van der Waals surface area contributed by atoms with E-state index in [1.165, 1.54) is 19.2 Å². The van der Waals surface area contributed by atoms with Crippen molar-refractivity contribution in [3.8, 4) is 5.75 Å². The van der Waals surface area contributed by atoms with Crippen LogP contribution in [0.1, 0.15) is 23.7 Å². The van der Waals surface area contributed by atoms with E-state index in [4.69, 9.17) is 4.74 Å². The highest BCUT2D eigenvalue weighted by Crippen LogP contribution is 2.25. The van der Waals surface area contributed by atoms with Gasteiger partial charge in [0.1, 0.15) is 22.3 Å². The number of nitrogens with one attached hydrogen (secondary N) is 2. The van der Waals surface area contributed by atoms with Crippen molar-refractivity contribution in [2.45, 2.75) is 18.2 Å². The van der Waals surface area contributed by atoms with E-state index in [-0.39, 0.29) is 28.4 Å². The van der Waals surface area contributed by atoms with Crippen LogP contribution in [-0.4, -0.2) is 28.0 Å². The molecule has 0 saturated carbocycles. The highest BCUT2D eigenvalue weighted by Gasteiger charge is 2.21. The number of sulfonamides is 1. The first-order valence-corrected chi connectivity index (χ1v) is 9.21. The molecular weight excluding hydrogens is 366 g/mol. The van der Waals surface area contributed by atoms with Crippen LogP contribution in [0, 0.1) is 11.6 Å². The summed E-state index contributed by atoms with van der Waals surface area (Å²) in [6.45, 7) is 2.03. The zero-order chi connectivity index (χ0) is 19.3. The summed E-state index contributed by atoms with van der Waals surface area (Å²) in [5, 5.41) is 2.28. The van der Waals surface area contributed by atoms with Crippen LogP contribution in [0.15, 0.2) is 41.3 Å². The average molecular weight is 384 g/mol. The number of methoxy groups -OCH3 is 1. The number of amides is 1. The Hall–Kier alpha value is -2.52. The van der Waals surface area contributed by atoms with Crippen LogP contribution in [-0.2, 0) is 10.0 Å². The minimum absolute atomic E-state index is 0.0219. The molecule has 0 aromatic heterocycles. The Kier molecular flexibility index (Phi) is 6.27. The molecular formula is C17H18F2N2O4S. The maximum absolute atomic E-state index is 13.7. The fourth-order valence-corrected chi connectivity index (χ4v) is 3.45. The van der Waals surface area contributed by atoms with E-state index in [1.807, 2.05) is 0 Å². The smallest absolute Gasteiger partial charge is 0.255 e. The van der Waals surface area contributed by atoms with Crippen molar-refractivity contribution in [2.75, 3.05) is 19.0 Å². The molecule has 9 heteroatoms. The average Bonchev–Trinajstić information content (AvgIpc) is 2.61. The second-order valence-electron chi connectivity index (χ2n) is 5.34. The van der Waals surface area contributed by atoms with Crippen molar-refractivity contribution in [1.29, 1.82) is 0 Å². The lowest BCUT2D eigenvalue weighted by molar-refractivity contribution is 0.102. The zero-order valence-electron chi connectivity index (χ0n) is 14.2. The summed E-state index contributed by atoms with van der Waals surface area (Å²) in [6, 6.07) is 6.51. The number of benzene rings is 2. The molecule has 2 N–H and O–H groups in total. The van der Waals surface area contributed by atoms with Crippen molar-refractivity contribution < 1.29 is 26.7 Å². The second kappa shape index (κ2) is 8.24. The second-order valence-corrected chi connectivity index (χ2v) is 7.08. The van der Waals surface area contributed by atoms with E-state index in [9.17, 15) is 22.0 Å². The number of halogens is 2. The van der Waals surface area contributed by atoms with Gasteiger partial charge in [-0.25, -0.2) is 21.9 Å². The first kappa shape index (κ1) is 19.8. The summed E-state index contributed by atoms with van der Waals surface area (Å²) in [6.07, 6.45) is 0.589. The molecule has 0 aliphatic rings. The predicted octanol–water partition coefficient (Wildman–Crippen LogP) is 2.91. The molecule has 0 bridgehead atoms. The SMILES string of the molecule is CCCNS(=O)(=O)c1cc(C(=O)Nc2ccc(F)cc2F)ccc1OC. The first-order valence-electron chi connectivity index (χ1n) is 7.72. The summed E-state index contributed by atoms with van der Waals surface area (Å²) < 4.78 is 58.8. The number of carbonyl (C=O) groups excluding carboxylic acids is 1. The lowest BCUT2D eigenvalue weighted by Gasteiger charge is -2.12. The third-order valence-corrected chi connectivity index (χ3v) is 4.92. The van der Waals surface area contributed by atoms with Crippen molar-refractivity contribution >= 4 is 21.6 Å². The van der Waals surface area contributed by atoms with Gasteiger partial charge in [-0.05, 0) is 36.8 Å². The Morgan fingerprint density at radius 3 is 2.50 bits per heavy atom. The molecule has 0 aliphatic heterocycles. The molecule has 0 aliphatic carbocycles. The van der Waals surface area contributed by atoms with E-state index in [1.54, 1.807) is 6.92 Å². The summed E-state index contributed by atoms with van der Waals surface area (Å²) in [4.78, 5) is 12.1.